The Morgan fingerprint density at radius 2 is 1.96 bits per heavy atom. The predicted octanol–water partition coefficient (Wildman–Crippen LogP) is 5.84. The summed E-state index contributed by atoms with van der Waals surface area (Å²) in [4.78, 5) is 4.17. The maximum Gasteiger partial charge on any atom is 0.132 e. The SMILES string of the molecule is CC.CCC(CCN)Nc1cc(-c2c(F)cccc2Cl)cc2cnc(N)cc12. The lowest BCUT2D eigenvalue weighted by Crippen LogP contribution is -2.22. The summed E-state index contributed by atoms with van der Waals surface area (Å²) in [6, 6.07) is 10.5. The van der Waals surface area contributed by atoms with Gasteiger partial charge < -0.3 is 16.8 Å². The molecule has 28 heavy (non-hydrogen) atoms. The van der Waals surface area contributed by atoms with Gasteiger partial charge in [-0.2, -0.15) is 0 Å². The Morgan fingerprint density at radius 3 is 2.61 bits per heavy atom. The first-order valence-electron chi connectivity index (χ1n) is 9.63. The van der Waals surface area contributed by atoms with E-state index >= 15 is 0 Å². The monoisotopic (exact) mass is 402 g/mol. The van der Waals surface area contributed by atoms with Gasteiger partial charge in [0, 0.05) is 34.3 Å². The number of nitrogens with one attached hydrogen (secondary N) is 1. The summed E-state index contributed by atoms with van der Waals surface area (Å²) in [5.41, 5.74) is 13.5. The van der Waals surface area contributed by atoms with E-state index in [1.54, 1.807) is 18.3 Å². The molecule has 0 aliphatic carbocycles. The van der Waals surface area contributed by atoms with Crippen LogP contribution in [0, 0.1) is 5.82 Å². The molecule has 1 atom stereocenters. The Labute approximate surface area is 171 Å². The average molecular weight is 403 g/mol. The summed E-state index contributed by atoms with van der Waals surface area (Å²) in [5, 5.41) is 5.68. The number of benzene rings is 2. The molecule has 0 radical (unpaired) electrons. The van der Waals surface area contributed by atoms with Crippen LogP contribution in [0.4, 0.5) is 15.9 Å². The zero-order chi connectivity index (χ0) is 20.7. The van der Waals surface area contributed by atoms with Gasteiger partial charge in [0.15, 0.2) is 0 Å². The molecule has 0 saturated heterocycles. The fraction of sp³-hybridized carbons (Fsp3) is 0.318. The van der Waals surface area contributed by atoms with E-state index in [4.69, 9.17) is 23.1 Å². The van der Waals surface area contributed by atoms with Gasteiger partial charge in [0.25, 0.3) is 0 Å². The number of fused-ring (bicyclic) bond motifs is 1. The number of hydrogen-bond donors (Lipinski definition) is 3. The normalized spacial score (nSPS) is 11.6. The van der Waals surface area contributed by atoms with E-state index in [0.29, 0.717) is 28.5 Å². The molecular formula is C22H28ClFN4. The highest BCUT2D eigenvalue weighted by atomic mass is 35.5. The summed E-state index contributed by atoms with van der Waals surface area (Å²) in [5.74, 6) is 0.0734. The third kappa shape index (κ3) is 4.91. The molecule has 5 N–H and O–H groups in total. The minimum Gasteiger partial charge on any atom is -0.384 e. The molecule has 0 spiro atoms. The third-order valence-electron chi connectivity index (χ3n) is 4.48. The minimum absolute atomic E-state index is 0.212. The van der Waals surface area contributed by atoms with Crippen molar-refractivity contribution in [3.05, 3.63) is 53.4 Å². The Kier molecular flexibility index (Phi) is 8.03. The van der Waals surface area contributed by atoms with Crippen molar-refractivity contribution in [1.29, 1.82) is 0 Å². The van der Waals surface area contributed by atoms with Crippen molar-refractivity contribution in [2.75, 3.05) is 17.6 Å². The summed E-state index contributed by atoms with van der Waals surface area (Å²) >= 11 is 6.26. The molecule has 0 amide bonds. The molecule has 3 rings (SSSR count). The van der Waals surface area contributed by atoms with Gasteiger partial charge in [0.05, 0.1) is 5.02 Å². The molecule has 1 heterocycles. The van der Waals surface area contributed by atoms with Gasteiger partial charge in [0.2, 0.25) is 0 Å². The van der Waals surface area contributed by atoms with Gasteiger partial charge in [-0.05, 0) is 55.3 Å². The lowest BCUT2D eigenvalue weighted by Gasteiger charge is -2.20. The molecule has 150 valence electrons. The predicted molar refractivity (Wildman–Crippen MR) is 119 cm³/mol. The first-order chi connectivity index (χ1) is 13.5. The fourth-order valence-corrected chi connectivity index (χ4v) is 3.38. The zero-order valence-corrected chi connectivity index (χ0v) is 17.4. The van der Waals surface area contributed by atoms with Gasteiger partial charge in [-0.25, -0.2) is 9.37 Å². The summed E-state index contributed by atoms with van der Waals surface area (Å²) in [6.07, 6.45) is 3.45. The van der Waals surface area contributed by atoms with Gasteiger partial charge in [-0.15, -0.1) is 0 Å². The van der Waals surface area contributed by atoms with Crippen LogP contribution in [0.15, 0.2) is 42.6 Å². The van der Waals surface area contributed by atoms with Crippen molar-refractivity contribution < 1.29 is 4.39 Å². The topological polar surface area (TPSA) is 77.0 Å². The lowest BCUT2D eigenvalue weighted by atomic mass is 9.99. The van der Waals surface area contributed by atoms with Crippen molar-refractivity contribution in [1.82, 2.24) is 4.98 Å². The second-order valence-corrected chi connectivity index (χ2v) is 6.68. The standard InChI is InChI=1S/C20H22ClFN4.C2H6/c1-2-14(6-7-23)26-18-9-12(20-16(21)4-3-5-17(20)22)8-13-11-25-19(24)10-15(13)18;1-2/h3-5,8-11,14,26H,2,6-7,23H2,1H3,(H2,24,25);1-2H3. The van der Waals surface area contributed by atoms with E-state index in [9.17, 15) is 4.39 Å². The number of nitrogens with two attached hydrogens (primary N) is 2. The molecule has 0 saturated carbocycles. The Balaban J connectivity index is 0.00000136. The van der Waals surface area contributed by atoms with Crippen molar-refractivity contribution in [3.63, 3.8) is 0 Å². The van der Waals surface area contributed by atoms with E-state index in [2.05, 4.69) is 17.2 Å². The van der Waals surface area contributed by atoms with Crippen LogP contribution >= 0.6 is 11.6 Å². The van der Waals surface area contributed by atoms with Crippen LogP contribution in [0.2, 0.25) is 5.02 Å². The first kappa shape index (κ1) is 21.9. The first-order valence-corrected chi connectivity index (χ1v) is 10.0. The fourth-order valence-electron chi connectivity index (χ4n) is 3.11. The number of aromatic nitrogens is 1. The van der Waals surface area contributed by atoms with Gasteiger partial charge in [0.1, 0.15) is 11.6 Å². The van der Waals surface area contributed by atoms with Crippen molar-refractivity contribution in [2.45, 2.75) is 39.7 Å². The van der Waals surface area contributed by atoms with Crippen molar-refractivity contribution in [3.8, 4) is 11.1 Å². The second-order valence-electron chi connectivity index (χ2n) is 6.28. The molecule has 0 aliphatic heterocycles. The minimum atomic E-state index is -0.361. The van der Waals surface area contributed by atoms with Crippen LogP contribution < -0.4 is 16.8 Å². The van der Waals surface area contributed by atoms with Crippen LogP contribution in [0.5, 0.6) is 0 Å². The van der Waals surface area contributed by atoms with Crippen LogP contribution in [-0.4, -0.2) is 17.6 Å². The molecule has 1 unspecified atom stereocenters. The molecule has 1 aromatic heterocycles. The van der Waals surface area contributed by atoms with E-state index < -0.39 is 0 Å². The number of pyridine rings is 1. The molecule has 3 aromatic rings. The van der Waals surface area contributed by atoms with Gasteiger partial charge in [-0.3, -0.25) is 0 Å². The Hall–Kier alpha value is -2.37. The quantitative estimate of drug-likeness (QED) is 0.483. The van der Waals surface area contributed by atoms with Crippen LogP contribution in [-0.2, 0) is 0 Å². The highest BCUT2D eigenvalue weighted by molar-refractivity contribution is 6.33. The smallest absolute Gasteiger partial charge is 0.132 e. The van der Waals surface area contributed by atoms with Crippen molar-refractivity contribution in [2.24, 2.45) is 5.73 Å². The molecule has 0 aliphatic rings. The number of nitrogen functional groups attached to an aromatic ring is 1. The maximum atomic E-state index is 14.4. The number of nitrogens with zero attached hydrogens (tertiary/aromatic N) is 1. The molecule has 2 aromatic carbocycles. The maximum absolute atomic E-state index is 14.4. The highest BCUT2D eigenvalue weighted by Crippen LogP contribution is 2.36. The highest BCUT2D eigenvalue weighted by Gasteiger charge is 2.15. The number of rotatable bonds is 6. The molecule has 4 nitrogen and oxygen atoms in total. The molecular weight excluding hydrogens is 375 g/mol. The van der Waals surface area contributed by atoms with E-state index in [1.807, 2.05) is 32.0 Å². The van der Waals surface area contributed by atoms with E-state index in [-0.39, 0.29) is 11.9 Å². The third-order valence-corrected chi connectivity index (χ3v) is 4.79. The van der Waals surface area contributed by atoms with E-state index in [1.165, 1.54) is 6.07 Å². The number of anilines is 2. The second kappa shape index (κ2) is 10.2. The molecule has 6 heteroatoms. The zero-order valence-electron chi connectivity index (χ0n) is 16.6. The number of hydrogen-bond acceptors (Lipinski definition) is 4. The largest absolute Gasteiger partial charge is 0.384 e. The van der Waals surface area contributed by atoms with Gasteiger partial charge in [-0.1, -0.05) is 38.4 Å². The summed E-state index contributed by atoms with van der Waals surface area (Å²) in [6.45, 7) is 6.69. The lowest BCUT2D eigenvalue weighted by molar-refractivity contribution is 0.631. The average Bonchev–Trinajstić information content (AvgIpc) is 2.69. The Bertz CT molecular complexity index is 910. The van der Waals surface area contributed by atoms with Crippen molar-refractivity contribution >= 4 is 33.9 Å². The van der Waals surface area contributed by atoms with E-state index in [0.717, 1.165) is 29.3 Å². The summed E-state index contributed by atoms with van der Waals surface area (Å²) < 4.78 is 14.4. The Morgan fingerprint density at radius 1 is 1.21 bits per heavy atom. The van der Waals surface area contributed by atoms with Crippen LogP contribution in [0.1, 0.15) is 33.6 Å². The number of halogens is 2. The summed E-state index contributed by atoms with van der Waals surface area (Å²) in [7, 11) is 0. The van der Waals surface area contributed by atoms with Crippen LogP contribution in [0.25, 0.3) is 21.9 Å². The molecule has 0 bridgehead atoms. The van der Waals surface area contributed by atoms with Gasteiger partial charge >= 0.3 is 0 Å². The van der Waals surface area contributed by atoms with Crippen LogP contribution in [0.3, 0.4) is 0 Å². The molecule has 0 fully saturated rings.